The molecule has 1 unspecified atom stereocenters. The number of rotatable bonds is 6. The summed E-state index contributed by atoms with van der Waals surface area (Å²) in [6.45, 7) is 4.42. The lowest BCUT2D eigenvalue weighted by Crippen LogP contribution is -2.35. The van der Waals surface area contributed by atoms with Crippen LogP contribution in [0.25, 0.3) is 6.08 Å². The van der Waals surface area contributed by atoms with Crippen LogP contribution in [0.5, 0.6) is 11.5 Å². The van der Waals surface area contributed by atoms with Gasteiger partial charge in [-0.2, -0.15) is 0 Å². The van der Waals surface area contributed by atoms with Gasteiger partial charge in [-0.1, -0.05) is 65.9 Å². The summed E-state index contributed by atoms with van der Waals surface area (Å²) in [5.41, 5.74) is 3.86. The van der Waals surface area contributed by atoms with E-state index in [4.69, 9.17) is 9.47 Å². The minimum Gasteiger partial charge on any atom is -0.454 e. The molecule has 182 valence electrons. The van der Waals surface area contributed by atoms with Crippen molar-refractivity contribution >= 4 is 40.5 Å². The Kier molecular flexibility index (Phi) is 6.77. The number of nitrogens with zero attached hydrogens (tertiary/aromatic N) is 2. The van der Waals surface area contributed by atoms with Gasteiger partial charge < -0.3 is 14.8 Å². The minimum absolute atomic E-state index is 0.129. The number of aryl methyl sites for hydroxylation is 1. The number of hydrogen-bond acceptors (Lipinski definition) is 6. The van der Waals surface area contributed by atoms with Gasteiger partial charge in [-0.25, -0.2) is 4.99 Å². The first kappa shape index (κ1) is 23.7. The van der Waals surface area contributed by atoms with E-state index < -0.39 is 5.25 Å². The van der Waals surface area contributed by atoms with E-state index >= 15 is 0 Å². The van der Waals surface area contributed by atoms with Gasteiger partial charge in [0, 0.05) is 6.54 Å². The molecule has 8 heteroatoms. The lowest BCUT2D eigenvalue weighted by atomic mass is 10.1. The standard InChI is InChI=1S/C28H25N3O4S/c1-18-8-11-22(12-9-18)31-27(33)23(14-21-10-13-24-25(15-21)35-17-34-24)30-28(31)36-19(2)26(32)29-16-20-6-4-3-5-7-20/h3-15,19H,16-17H2,1-2H3,(H,29,32)/b23-14-. The number of aliphatic imine (C=N–C) groups is 1. The number of benzene rings is 3. The second-order valence-corrected chi connectivity index (χ2v) is 9.78. The topological polar surface area (TPSA) is 80.2 Å². The molecule has 3 aromatic rings. The van der Waals surface area contributed by atoms with E-state index in [0.717, 1.165) is 16.7 Å². The van der Waals surface area contributed by atoms with E-state index in [-0.39, 0.29) is 24.3 Å². The molecular weight excluding hydrogens is 474 g/mol. The molecule has 2 amide bonds. The van der Waals surface area contributed by atoms with Crippen LogP contribution in [0.4, 0.5) is 5.69 Å². The number of carbonyl (C=O) groups excluding carboxylic acids is 2. The molecule has 0 aliphatic carbocycles. The fraction of sp³-hybridized carbons (Fsp3) is 0.179. The number of hydrogen-bond donors (Lipinski definition) is 1. The van der Waals surface area contributed by atoms with Crippen LogP contribution in [-0.4, -0.2) is 29.0 Å². The molecule has 0 saturated carbocycles. The molecule has 36 heavy (non-hydrogen) atoms. The largest absolute Gasteiger partial charge is 0.454 e. The Bertz CT molecular complexity index is 1350. The Hall–Kier alpha value is -4.04. The van der Waals surface area contributed by atoms with Gasteiger partial charge in [0.05, 0.1) is 10.9 Å². The summed E-state index contributed by atoms with van der Waals surface area (Å²) in [7, 11) is 0. The van der Waals surface area contributed by atoms with Gasteiger partial charge in [0.1, 0.15) is 5.70 Å². The van der Waals surface area contributed by atoms with Crippen LogP contribution in [0.2, 0.25) is 0 Å². The molecule has 0 fully saturated rings. The average molecular weight is 500 g/mol. The molecule has 0 bridgehead atoms. The van der Waals surface area contributed by atoms with Crippen LogP contribution in [0.15, 0.2) is 83.5 Å². The van der Waals surface area contributed by atoms with E-state index in [1.807, 2.05) is 86.6 Å². The lowest BCUT2D eigenvalue weighted by Gasteiger charge is -2.20. The Morgan fingerprint density at radius 3 is 2.61 bits per heavy atom. The maximum Gasteiger partial charge on any atom is 0.283 e. The Balaban J connectivity index is 1.38. The van der Waals surface area contributed by atoms with E-state index in [9.17, 15) is 9.59 Å². The summed E-state index contributed by atoms with van der Waals surface area (Å²) >= 11 is 1.25. The third-order valence-electron chi connectivity index (χ3n) is 5.78. The Labute approximate surface area is 213 Å². The number of thioether (sulfide) groups is 1. The van der Waals surface area contributed by atoms with Crippen LogP contribution in [0.3, 0.4) is 0 Å². The highest BCUT2D eigenvalue weighted by atomic mass is 32.2. The van der Waals surface area contributed by atoms with E-state index in [2.05, 4.69) is 10.3 Å². The number of amidine groups is 1. The SMILES string of the molecule is Cc1ccc(N2C(=O)/C(=C/c3ccc4c(c3)OCO4)N=C2SC(C)C(=O)NCc2ccccc2)cc1. The number of ether oxygens (including phenoxy) is 2. The summed E-state index contributed by atoms with van der Waals surface area (Å²) in [4.78, 5) is 32.5. The van der Waals surface area contributed by atoms with Crippen molar-refractivity contribution in [2.75, 3.05) is 11.7 Å². The Morgan fingerprint density at radius 1 is 1.08 bits per heavy atom. The number of carbonyl (C=O) groups is 2. The second-order valence-electron chi connectivity index (χ2n) is 8.48. The molecule has 1 N–H and O–H groups in total. The number of nitrogens with one attached hydrogen (secondary N) is 1. The summed E-state index contributed by atoms with van der Waals surface area (Å²) in [6, 6.07) is 22.9. The third kappa shape index (κ3) is 5.13. The highest BCUT2D eigenvalue weighted by Crippen LogP contribution is 2.35. The van der Waals surface area contributed by atoms with Crippen LogP contribution in [-0.2, 0) is 16.1 Å². The van der Waals surface area contributed by atoms with Crippen molar-refractivity contribution in [3.63, 3.8) is 0 Å². The monoisotopic (exact) mass is 499 g/mol. The molecule has 1 atom stereocenters. The quantitative estimate of drug-likeness (QED) is 0.488. The molecule has 2 aliphatic rings. The van der Waals surface area contributed by atoms with E-state index in [1.165, 1.54) is 11.8 Å². The zero-order valence-electron chi connectivity index (χ0n) is 19.9. The van der Waals surface area contributed by atoms with Crippen molar-refractivity contribution < 1.29 is 19.1 Å². The number of fused-ring (bicyclic) bond motifs is 1. The van der Waals surface area contributed by atoms with Crippen molar-refractivity contribution in [1.29, 1.82) is 0 Å². The van der Waals surface area contributed by atoms with Gasteiger partial charge in [-0.05, 0) is 55.3 Å². The van der Waals surface area contributed by atoms with Gasteiger partial charge in [0.25, 0.3) is 5.91 Å². The number of amides is 2. The molecule has 2 aliphatic heterocycles. The molecular formula is C28H25N3O4S. The smallest absolute Gasteiger partial charge is 0.283 e. The molecule has 0 spiro atoms. The van der Waals surface area contributed by atoms with Crippen molar-refractivity contribution in [2.24, 2.45) is 4.99 Å². The fourth-order valence-corrected chi connectivity index (χ4v) is 4.75. The predicted molar refractivity (Wildman–Crippen MR) is 142 cm³/mol. The normalized spacial score (nSPS) is 16.3. The summed E-state index contributed by atoms with van der Waals surface area (Å²) in [5.74, 6) is 0.922. The van der Waals surface area contributed by atoms with Crippen molar-refractivity contribution in [3.8, 4) is 11.5 Å². The van der Waals surface area contributed by atoms with Crippen LogP contribution < -0.4 is 19.7 Å². The minimum atomic E-state index is -0.460. The van der Waals surface area contributed by atoms with Crippen molar-refractivity contribution in [2.45, 2.75) is 25.6 Å². The molecule has 0 saturated heterocycles. The molecule has 2 heterocycles. The van der Waals surface area contributed by atoms with Crippen LogP contribution in [0, 0.1) is 6.92 Å². The highest BCUT2D eigenvalue weighted by molar-refractivity contribution is 8.15. The average Bonchev–Trinajstić information content (AvgIpc) is 3.47. The van der Waals surface area contributed by atoms with Crippen LogP contribution in [0.1, 0.15) is 23.6 Å². The van der Waals surface area contributed by atoms with Gasteiger partial charge in [-0.3, -0.25) is 14.5 Å². The predicted octanol–water partition coefficient (Wildman–Crippen LogP) is 4.91. The third-order valence-corrected chi connectivity index (χ3v) is 6.84. The molecule has 7 nitrogen and oxygen atoms in total. The molecule has 3 aromatic carbocycles. The zero-order valence-corrected chi connectivity index (χ0v) is 20.7. The summed E-state index contributed by atoms with van der Waals surface area (Å²) < 4.78 is 10.8. The van der Waals surface area contributed by atoms with Crippen molar-refractivity contribution in [1.82, 2.24) is 5.32 Å². The Morgan fingerprint density at radius 2 is 1.83 bits per heavy atom. The van der Waals surface area contributed by atoms with E-state index in [0.29, 0.717) is 28.9 Å². The van der Waals surface area contributed by atoms with Gasteiger partial charge in [0.2, 0.25) is 12.7 Å². The summed E-state index contributed by atoms with van der Waals surface area (Å²) in [6.07, 6.45) is 1.72. The molecule has 0 radical (unpaired) electrons. The zero-order chi connectivity index (χ0) is 25.1. The maximum absolute atomic E-state index is 13.5. The first-order valence-electron chi connectivity index (χ1n) is 11.6. The maximum atomic E-state index is 13.5. The van der Waals surface area contributed by atoms with Gasteiger partial charge in [-0.15, -0.1) is 0 Å². The van der Waals surface area contributed by atoms with Crippen molar-refractivity contribution in [3.05, 3.63) is 95.2 Å². The van der Waals surface area contributed by atoms with Crippen LogP contribution >= 0.6 is 11.8 Å². The first-order valence-corrected chi connectivity index (χ1v) is 12.5. The second kappa shape index (κ2) is 10.3. The first-order chi connectivity index (χ1) is 17.5. The lowest BCUT2D eigenvalue weighted by molar-refractivity contribution is -0.120. The van der Waals surface area contributed by atoms with Gasteiger partial charge in [0.15, 0.2) is 16.7 Å². The van der Waals surface area contributed by atoms with Gasteiger partial charge >= 0.3 is 0 Å². The number of anilines is 1. The summed E-state index contributed by atoms with van der Waals surface area (Å²) in [5, 5.41) is 2.96. The molecule has 5 rings (SSSR count). The fourth-order valence-electron chi connectivity index (χ4n) is 3.80. The molecule has 0 aromatic heterocycles. The van der Waals surface area contributed by atoms with E-state index in [1.54, 1.807) is 11.0 Å². The highest BCUT2D eigenvalue weighted by Gasteiger charge is 2.34.